The van der Waals surface area contributed by atoms with E-state index in [9.17, 15) is 18.5 Å². The van der Waals surface area contributed by atoms with Gasteiger partial charge in [-0.2, -0.15) is 5.26 Å². The first kappa shape index (κ1) is 26.9. The number of hydrogen-bond donors (Lipinski definition) is 2. The summed E-state index contributed by atoms with van der Waals surface area (Å²) in [6.45, 7) is 7.30. The molecular formula is C27H31N7O3S. The third-order valence-electron chi connectivity index (χ3n) is 6.53. The molecule has 1 saturated heterocycles. The van der Waals surface area contributed by atoms with E-state index in [4.69, 9.17) is 0 Å². The number of aromatic nitrogens is 1. The molecule has 1 aliphatic heterocycles. The average Bonchev–Trinajstić information content (AvgIpc) is 2.87. The number of nitriles is 1. The fraction of sp³-hybridized carbons (Fsp3) is 0.333. The van der Waals surface area contributed by atoms with E-state index in [1.54, 1.807) is 17.0 Å². The lowest BCUT2D eigenvalue weighted by Crippen LogP contribution is -2.60. The summed E-state index contributed by atoms with van der Waals surface area (Å²) in [6, 6.07) is 15.5. The number of amides is 2. The highest BCUT2D eigenvalue weighted by molar-refractivity contribution is 7.90. The number of hydrogen-bond acceptors (Lipinski definition) is 6. The van der Waals surface area contributed by atoms with Crippen molar-refractivity contribution in [2.75, 3.05) is 36.5 Å². The standard InChI is InChI=1S/C27H31N7O3S/c1-18(2)25-16-33(27(35)31-20-7-5-8-21(15-20)38(4,36)37)13-14-34(25)26(29-17-28)32-24-10-6-9-23-22(24)12-11-19(3)30-23/h5-12,15,18,25H,13-14,16H2,1-4H3,(H,29,32)(H,31,35). The van der Waals surface area contributed by atoms with Gasteiger partial charge in [-0.25, -0.2) is 13.2 Å². The van der Waals surface area contributed by atoms with Crippen LogP contribution >= 0.6 is 0 Å². The predicted molar refractivity (Wildman–Crippen MR) is 149 cm³/mol. The monoisotopic (exact) mass is 533 g/mol. The van der Waals surface area contributed by atoms with Crippen molar-refractivity contribution in [3.8, 4) is 6.19 Å². The van der Waals surface area contributed by atoms with Crippen LogP contribution in [0, 0.1) is 24.3 Å². The number of anilines is 2. The van der Waals surface area contributed by atoms with Crippen LogP contribution in [0.15, 0.2) is 64.5 Å². The van der Waals surface area contributed by atoms with Crippen molar-refractivity contribution >= 4 is 44.1 Å². The van der Waals surface area contributed by atoms with E-state index in [2.05, 4.69) is 34.5 Å². The van der Waals surface area contributed by atoms with Gasteiger partial charge in [0.1, 0.15) is 0 Å². The van der Waals surface area contributed by atoms with Crippen molar-refractivity contribution in [2.24, 2.45) is 10.9 Å². The Morgan fingerprint density at radius 1 is 1.13 bits per heavy atom. The third-order valence-corrected chi connectivity index (χ3v) is 7.64. The molecule has 1 fully saturated rings. The summed E-state index contributed by atoms with van der Waals surface area (Å²) in [5.74, 6) is 0.557. The van der Waals surface area contributed by atoms with E-state index in [0.29, 0.717) is 31.3 Å². The first-order valence-electron chi connectivity index (χ1n) is 12.3. The lowest BCUT2D eigenvalue weighted by molar-refractivity contribution is 0.120. The molecule has 1 unspecified atom stereocenters. The Hall–Kier alpha value is -4.17. The average molecular weight is 534 g/mol. The Balaban J connectivity index is 1.53. The van der Waals surface area contributed by atoms with Crippen molar-refractivity contribution in [3.63, 3.8) is 0 Å². The Kier molecular flexibility index (Phi) is 7.83. The number of nitrogens with one attached hydrogen (secondary N) is 2. The number of aryl methyl sites for hydroxylation is 1. The van der Waals surface area contributed by atoms with Crippen LogP contribution in [-0.4, -0.2) is 67.1 Å². The molecule has 1 aliphatic rings. The summed E-state index contributed by atoms with van der Waals surface area (Å²) in [5, 5.41) is 16.5. The quantitative estimate of drug-likeness (QED) is 0.294. The summed E-state index contributed by atoms with van der Waals surface area (Å²) < 4.78 is 23.8. The zero-order valence-corrected chi connectivity index (χ0v) is 22.7. The molecular weight excluding hydrogens is 502 g/mol. The van der Waals surface area contributed by atoms with E-state index >= 15 is 0 Å². The molecule has 0 spiro atoms. The van der Waals surface area contributed by atoms with Crippen LogP contribution in [0.4, 0.5) is 16.2 Å². The highest BCUT2D eigenvalue weighted by atomic mass is 32.2. The number of carbonyl (C=O) groups excluding carboxylic acids is 1. The highest BCUT2D eigenvalue weighted by Gasteiger charge is 2.34. The topological polar surface area (TPSA) is 131 Å². The molecule has 38 heavy (non-hydrogen) atoms. The van der Waals surface area contributed by atoms with Gasteiger partial charge >= 0.3 is 6.03 Å². The van der Waals surface area contributed by atoms with Crippen LogP contribution < -0.4 is 10.6 Å². The van der Waals surface area contributed by atoms with Crippen molar-refractivity contribution in [3.05, 3.63) is 60.3 Å². The van der Waals surface area contributed by atoms with E-state index in [0.717, 1.165) is 28.5 Å². The minimum atomic E-state index is -3.39. The van der Waals surface area contributed by atoms with Gasteiger partial charge in [0, 0.05) is 42.7 Å². The van der Waals surface area contributed by atoms with Crippen LogP contribution in [0.2, 0.25) is 0 Å². The predicted octanol–water partition coefficient (Wildman–Crippen LogP) is 4.07. The van der Waals surface area contributed by atoms with Crippen LogP contribution in [0.5, 0.6) is 0 Å². The number of rotatable bonds is 4. The van der Waals surface area contributed by atoms with Crippen molar-refractivity contribution < 1.29 is 13.2 Å². The number of sulfone groups is 1. The zero-order chi connectivity index (χ0) is 27.4. The summed E-state index contributed by atoms with van der Waals surface area (Å²) >= 11 is 0. The third kappa shape index (κ3) is 6.03. The smallest absolute Gasteiger partial charge is 0.321 e. The van der Waals surface area contributed by atoms with E-state index in [1.165, 1.54) is 12.1 Å². The van der Waals surface area contributed by atoms with Gasteiger partial charge in [-0.05, 0) is 55.3 Å². The molecule has 0 saturated carbocycles. The van der Waals surface area contributed by atoms with Crippen molar-refractivity contribution in [1.82, 2.24) is 14.8 Å². The molecule has 1 aromatic heterocycles. The minimum absolute atomic E-state index is 0.119. The van der Waals surface area contributed by atoms with E-state index in [-0.39, 0.29) is 22.9 Å². The zero-order valence-electron chi connectivity index (χ0n) is 21.8. The lowest BCUT2D eigenvalue weighted by atomic mass is 10.00. The van der Waals surface area contributed by atoms with Gasteiger partial charge in [-0.15, -0.1) is 4.99 Å². The molecule has 4 rings (SSSR count). The largest absolute Gasteiger partial charge is 0.335 e. The van der Waals surface area contributed by atoms with Gasteiger partial charge in [-0.3, -0.25) is 4.98 Å². The Morgan fingerprint density at radius 2 is 1.89 bits per heavy atom. The molecule has 0 bridgehead atoms. The molecule has 0 aliphatic carbocycles. The fourth-order valence-corrected chi connectivity index (χ4v) is 5.20. The Bertz CT molecular complexity index is 1530. The maximum absolute atomic E-state index is 13.1. The maximum Gasteiger partial charge on any atom is 0.321 e. The number of carbonyl (C=O) groups is 1. The molecule has 2 aromatic carbocycles. The molecule has 10 nitrogen and oxygen atoms in total. The second kappa shape index (κ2) is 11.1. The number of guanidine groups is 1. The molecule has 3 aromatic rings. The molecule has 0 radical (unpaired) electrons. The highest BCUT2D eigenvalue weighted by Crippen LogP contribution is 2.25. The van der Waals surface area contributed by atoms with E-state index < -0.39 is 9.84 Å². The summed E-state index contributed by atoms with van der Waals surface area (Å²) in [4.78, 5) is 25.7. The van der Waals surface area contributed by atoms with Gasteiger partial charge in [0.2, 0.25) is 12.2 Å². The number of pyridine rings is 1. The van der Waals surface area contributed by atoms with Crippen molar-refractivity contribution in [2.45, 2.75) is 31.7 Å². The van der Waals surface area contributed by atoms with Gasteiger partial charge in [0.15, 0.2) is 9.84 Å². The maximum atomic E-state index is 13.1. The number of piperazine rings is 1. The first-order chi connectivity index (χ1) is 18.1. The molecule has 2 N–H and O–H groups in total. The minimum Gasteiger partial charge on any atom is -0.335 e. The Labute approximate surface area is 222 Å². The number of fused-ring (bicyclic) bond motifs is 1. The van der Waals surface area contributed by atoms with Gasteiger partial charge in [-0.1, -0.05) is 26.0 Å². The lowest BCUT2D eigenvalue weighted by Gasteiger charge is -2.44. The number of urea groups is 1. The second-order valence-electron chi connectivity index (χ2n) is 9.67. The SMILES string of the molecule is Cc1ccc2c(N/C(=N/C#N)N3CCN(C(=O)Nc4cccc(S(C)(=O)=O)c4)CC3C(C)C)cccc2n1. The van der Waals surface area contributed by atoms with Crippen LogP contribution in [0.1, 0.15) is 19.5 Å². The fourth-order valence-electron chi connectivity index (χ4n) is 4.53. The van der Waals surface area contributed by atoms with Gasteiger partial charge in [0.05, 0.1) is 22.1 Å². The van der Waals surface area contributed by atoms with Gasteiger partial charge in [0.25, 0.3) is 0 Å². The van der Waals surface area contributed by atoms with Crippen LogP contribution in [-0.2, 0) is 9.84 Å². The Morgan fingerprint density at radius 3 is 2.61 bits per heavy atom. The van der Waals surface area contributed by atoms with Gasteiger partial charge < -0.3 is 20.4 Å². The van der Waals surface area contributed by atoms with Crippen molar-refractivity contribution in [1.29, 1.82) is 5.26 Å². The number of benzene rings is 2. The summed E-state index contributed by atoms with van der Waals surface area (Å²) in [5.41, 5.74) is 2.96. The molecule has 11 heteroatoms. The van der Waals surface area contributed by atoms with E-state index in [1.807, 2.05) is 48.3 Å². The van der Waals surface area contributed by atoms with Crippen LogP contribution in [0.3, 0.4) is 0 Å². The molecule has 2 heterocycles. The normalized spacial score (nSPS) is 16.4. The molecule has 1 atom stereocenters. The first-order valence-corrected chi connectivity index (χ1v) is 14.2. The summed E-state index contributed by atoms with van der Waals surface area (Å²) in [6.07, 6.45) is 3.04. The molecule has 2 amide bonds. The number of aliphatic imine (C=N–C) groups is 1. The second-order valence-corrected chi connectivity index (χ2v) is 11.7. The van der Waals surface area contributed by atoms with Crippen LogP contribution in [0.25, 0.3) is 10.9 Å². The number of nitrogens with zero attached hydrogens (tertiary/aromatic N) is 5. The molecule has 198 valence electrons. The summed E-state index contributed by atoms with van der Waals surface area (Å²) in [7, 11) is -3.39.